The molecule has 19 nitrogen and oxygen atoms in total. The highest BCUT2D eigenvalue weighted by molar-refractivity contribution is 5.74. The Bertz CT molecular complexity index is 1650. The van der Waals surface area contributed by atoms with Crippen LogP contribution in [0.3, 0.4) is 0 Å². The average Bonchev–Trinajstić information content (AvgIpc) is 3.94. The van der Waals surface area contributed by atoms with Crippen LogP contribution in [0.4, 0.5) is 0 Å². The number of hydrogen-bond acceptors (Lipinski definition) is 14. The van der Waals surface area contributed by atoms with Gasteiger partial charge in [0.25, 0.3) is 0 Å². The summed E-state index contributed by atoms with van der Waals surface area (Å²) in [5, 5.41) is 55.7. The van der Waals surface area contributed by atoms with Crippen LogP contribution in [0.2, 0.25) is 0 Å². The normalized spacial score (nSPS) is 19.8. The first-order valence-electron chi connectivity index (χ1n) is 22.6. The summed E-state index contributed by atoms with van der Waals surface area (Å²) in [5.74, 6) is 0.402. The lowest BCUT2D eigenvalue weighted by atomic mass is 9.96. The van der Waals surface area contributed by atoms with Crippen molar-refractivity contribution in [2.24, 2.45) is 0 Å². The fourth-order valence-corrected chi connectivity index (χ4v) is 7.38. The molecule has 4 N–H and O–H groups in total. The maximum absolute atomic E-state index is 10.8. The van der Waals surface area contributed by atoms with E-state index in [1.54, 1.807) is 0 Å². The summed E-state index contributed by atoms with van der Waals surface area (Å²) in [6.45, 7) is 46.0. The third kappa shape index (κ3) is 21.8. The van der Waals surface area contributed by atoms with Crippen molar-refractivity contribution in [3.63, 3.8) is 0 Å². The molecule has 6 heterocycles. The molecule has 3 aliphatic heterocycles. The second kappa shape index (κ2) is 25.1. The zero-order chi connectivity index (χ0) is 48.8. The largest absolute Gasteiger partial charge is 0.480 e. The van der Waals surface area contributed by atoms with Gasteiger partial charge in [0.1, 0.15) is 6.04 Å². The van der Waals surface area contributed by atoms with E-state index in [1.165, 1.54) is 38.8 Å². The van der Waals surface area contributed by atoms with Gasteiger partial charge in [-0.05, 0) is 140 Å². The number of aliphatic carboxylic acids is 2. The van der Waals surface area contributed by atoms with Crippen LogP contribution < -0.4 is 0 Å². The Hall–Kier alpha value is -3.97. The molecule has 19 heteroatoms. The number of tetrazole rings is 3. The van der Waals surface area contributed by atoms with Crippen molar-refractivity contribution in [2.75, 3.05) is 19.6 Å². The minimum absolute atomic E-state index is 0. The van der Waals surface area contributed by atoms with E-state index in [-0.39, 0.29) is 41.8 Å². The number of H-pyrrole nitrogens is 2. The summed E-state index contributed by atoms with van der Waals surface area (Å²) in [5.41, 5.74) is 0.572. The highest BCUT2D eigenvalue weighted by atomic mass is 16.4. The van der Waals surface area contributed by atoms with Crippen LogP contribution in [-0.2, 0) is 32.4 Å². The molecular formula is C45H91N15O4. The molecule has 0 aromatic carbocycles. The van der Waals surface area contributed by atoms with Gasteiger partial charge in [0.15, 0.2) is 24.0 Å². The zero-order valence-corrected chi connectivity index (χ0v) is 42.8. The molecule has 64 heavy (non-hydrogen) atoms. The fourth-order valence-electron chi connectivity index (χ4n) is 7.38. The number of rotatable bonds is 3. The van der Waals surface area contributed by atoms with E-state index in [2.05, 4.69) is 148 Å². The van der Waals surface area contributed by atoms with Gasteiger partial charge in [-0.2, -0.15) is 15.2 Å². The van der Waals surface area contributed by atoms with Gasteiger partial charge in [-0.1, -0.05) is 80.2 Å². The van der Waals surface area contributed by atoms with Gasteiger partial charge in [0.2, 0.25) is 0 Å². The van der Waals surface area contributed by atoms with Gasteiger partial charge < -0.3 is 10.2 Å². The van der Waals surface area contributed by atoms with Gasteiger partial charge in [0.05, 0.1) is 0 Å². The zero-order valence-electron chi connectivity index (χ0n) is 42.8. The number of likely N-dealkylation sites (tertiary alicyclic amines) is 3. The van der Waals surface area contributed by atoms with Crippen molar-refractivity contribution in [1.29, 1.82) is 0 Å². The molecule has 3 atom stereocenters. The first-order valence-corrected chi connectivity index (χ1v) is 22.6. The lowest BCUT2D eigenvalue weighted by molar-refractivity contribution is -0.144. The van der Waals surface area contributed by atoms with Crippen LogP contribution in [0, 0.1) is 0 Å². The molecule has 0 radical (unpaired) electrons. The van der Waals surface area contributed by atoms with Crippen LogP contribution in [-0.4, -0.2) is 153 Å². The topological polar surface area (TPSA) is 237 Å². The predicted molar refractivity (Wildman–Crippen MR) is 254 cm³/mol. The smallest absolute Gasteiger partial charge is 0.327 e. The van der Waals surface area contributed by atoms with Crippen molar-refractivity contribution in [2.45, 2.75) is 242 Å². The molecule has 0 amide bonds. The summed E-state index contributed by atoms with van der Waals surface area (Å²) in [4.78, 5) is 29.4. The highest BCUT2D eigenvalue weighted by Gasteiger charge is 2.37. The van der Waals surface area contributed by atoms with Crippen LogP contribution >= 0.6 is 0 Å². The second-order valence-electron chi connectivity index (χ2n) is 22.8. The number of aromatic nitrogens is 12. The quantitative estimate of drug-likeness (QED) is 0.198. The third-order valence-electron chi connectivity index (χ3n) is 10.7. The number of aromatic amines is 2. The second-order valence-corrected chi connectivity index (χ2v) is 22.8. The Morgan fingerprint density at radius 2 is 0.922 bits per heavy atom. The molecule has 0 bridgehead atoms. The van der Waals surface area contributed by atoms with Gasteiger partial charge in [0, 0.05) is 44.9 Å². The van der Waals surface area contributed by atoms with Gasteiger partial charge in [-0.25, -0.2) is 0 Å². The molecule has 3 fully saturated rings. The SMILES string of the molecule is C.CC(C)(C)N1CCC[C@H]1C(=O)O.CC(C)(C)c1nn[nH]n1.CC(C)(C)c1nn[nH]n1.CC(C)(C)c1nnn(CC(=O)O)n1.CC1CCCN1C(C)(C)C.C[C@@H]1CCCN1C(C)(C)C. The first kappa shape index (κ1) is 60.0. The number of nitrogens with zero attached hydrogens (tertiary/aromatic N) is 13. The van der Waals surface area contributed by atoms with Crippen LogP contribution in [0.5, 0.6) is 0 Å². The molecule has 3 aromatic rings. The van der Waals surface area contributed by atoms with Crippen molar-refractivity contribution < 1.29 is 19.8 Å². The van der Waals surface area contributed by atoms with Crippen molar-refractivity contribution in [3.05, 3.63) is 17.5 Å². The van der Waals surface area contributed by atoms with E-state index in [1.807, 2.05) is 62.3 Å². The average molecular weight is 906 g/mol. The molecule has 3 aromatic heterocycles. The molecule has 0 saturated carbocycles. The summed E-state index contributed by atoms with van der Waals surface area (Å²) < 4.78 is 0. The molecule has 1 unspecified atom stereocenters. The van der Waals surface area contributed by atoms with Crippen molar-refractivity contribution in [1.82, 2.24) is 76.2 Å². The van der Waals surface area contributed by atoms with E-state index in [0.717, 1.165) is 47.9 Å². The minimum Gasteiger partial charge on any atom is -0.480 e. The maximum Gasteiger partial charge on any atom is 0.327 e. The van der Waals surface area contributed by atoms with Crippen LogP contribution in [0.25, 0.3) is 0 Å². The molecule has 3 aliphatic rings. The number of carbonyl (C=O) groups is 2. The van der Waals surface area contributed by atoms with E-state index in [0.29, 0.717) is 16.9 Å². The van der Waals surface area contributed by atoms with Gasteiger partial charge in [-0.3, -0.25) is 24.3 Å². The Kier molecular flexibility index (Phi) is 23.5. The highest BCUT2D eigenvalue weighted by Crippen LogP contribution is 2.28. The van der Waals surface area contributed by atoms with Crippen LogP contribution in [0.1, 0.15) is 202 Å². The molecule has 3 saturated heterocycles. The number of hydrogen-bond donors (Lipinski definition) is 4. The van der Waals surface area contributed by atoms with Crippen molar-refractivity contribution in [3.8, 4) is 0 Å². The Morgan fingerprint density at radius 3 is 1.12 bits per heavy atom. The fraction of sp³-hybridized carbons (Fsp3) is 0.889. The summed E-state index contributed by atoms with van der Waals surface area (Å²) >= 11 is 0. The van der Waals surface area contributed by atoms with E-state index in [9.17, 15) is 9.59 Å². The minimum atomic E-state index is -0.974. The lowest BCUT2D eigenvalue weighted by Crippen LogP contribution is -2.47. The Labute approximate surface area is 386 Å². The third-order valence-corrected chi connectivity index (χ3v) is 10.7. The van der Waals surface area contributed by atoms with E-state index in [4.69, 9.17) is 10.2 Å². The standard InChI is InChI=1S/C9H17NO2.2C9H19N.C7H12N4O2.2C5H10N4.CH4/c1-9(2,3)10-6-4-5-7(10)8(11)12;2*1-8-6-5-7-10(8)9(2,3)4;1-7(2,3)6-8-10-11(9-6)4-5(12)13;2*1-5(2,3)4-6-8-9-7-4;/h7H,4-6H2,1-3H3,(H,11,12);2*8H,5-7H2,1-4H3;4H2,1-3H3,(H,12,13);2*1-3H3,(H,6,7,8,9);1H4/t7-;8-;;;;;/m01...../s1. The maximum atomic E-state index is 10.8. The number of nitrogens with one attached hydrogen (secondary N) is 2. The molecule has 370 valence electrons. The van der Waals surface area contributed by atoms with Crippen molar-refractivity contribution >= 4 is 11.9 Å². The number of carboxylic acids is 2. The Morgan fingerprint density at radius 1 is 0.562 bits per heavy atom. The molecular weight excluding hydrogens is 815 g/mol. The molecule has 0 spiro atoms. The molecule has 0 aliphatic carbocycles. The molecule has 6 rings (SSSR count). The van der Waals surface area contributed by atoms with Gasteiger partial charge in [-0.15, -0.1) is 30.6 Å². The summed E-state index contributed by atoms with van der Waals surface area (Å²) in [6, 6.07) is 1.35. The van der Waals surface area contributed by atoms with E-state index < -0.39 is 11.9 Å². The first-order chi connectivity index (χ1) is 28.6. The lowest BCUT2D eigenvalue weighted by Gasteiger charge is -2.35. The summed E-state index contributed by atoms with van der Waals surface area (Å²) in [7, 11) is 0. The number of carboxylic acid groups (broad SMARTS) is 2. The predicted octanol–water partition coefficient (Wildman–Crippen LogP) is 7.56. The Balaban J connectivity index is 0.000000745. The van der Waals surface area contributed by atoms with Crippen LogP contribution in [0.15, 0.2) is 0 Å². The van der Waals surface area contributed by atoms with E-state index >= 15 is 0 Å². The summed E-state index contributed by atoms with van der Waals surface area (Å²) in [6.07, 6.45) is 7.35. The van der Waals surface area contributed by atoms with Gasteiger partial charge >= 0.3 is 11.9 Å². The monoisotopic (exact) mass is 906 g/mol.